The molecule has 0 aliphatic rings. The van der Waals surface area contributed by atoms with Crippen LogP contribution in [-0.2, 0) is 16.0 Å². The maximum Gasteiger partial charge on any atom is 0.313 e. The van der Waals surface area contributed by atoms with E-state index >= 15 is 0 Å². The minimum absolute atomic E-state index is 0.0376. The van der Waals surface area contributed by atoms with E-state index in [0.29, 0.717) is 0 Å². The summed E-state index contributed by atoms with van der Waals surface area (Å²) >= 11 is 0.788. The molecule has 0 spiro atoms. The molecule has 0 unspecified atom stereocenters. The lowest BCUT2D eigenvalue weighted by molar-refractivity contribution is -0.137. The van der Waals surface area contributed by atoms with E-state index in [1.54, 1.807) is 0 Å². The van der Waals surface area contributed by atoms with Crippen molar-refractivity contribution >= 4 is 34.9 Å². The van der Waals surface area contributed by atoms with E-state index in [9.17, 15) is 19.2 Å². The van der Waals surface area contributed by atoms with Gasteiger partial charge in [0.25, 0.3) is 11.1 Å². The minimum Gasteiger partial charge on any atom is -0.481 e. The van der Waals surface area contributed by atoms with Gasteiger partial charge in [-0.05, 0) is 0 Å². The fraction of sp³-hybridized carbons (Fsp3) is 0.273. The average Bonchev–Trinajstić information content (AvgIpc) is 2.43. The first kappa shape index (κ1) is 15.7. The maximum absolute atomic E-state index is 11.9. The van der Waals surface area contributed by atoms with Gasteiger partial charge < -0.3 is 15.2 Å². The molecule has 0 saturated carbocycles. The van der Waals surface area contributed by atoms with Crippen molar-refractivity contribution in [3.8, 4) is 0 Å². The molecule has 11 heteroatoms. The minimum atomic E-state index is -1.09. The molecule has 2 heterocycles. The highest BCUT2D eigenvalue weighted by Gasteiger charge is 2.12. The number of carboxylic acid groups (broad SMARTS) is 2. The van der Waals surface area contributed by atoms with Crippen LogP contribution in [0.25, 0.3) is 11.2 Å². The third-order valence-corrected chi connectivity index (χ3v) is 3.38. The lowest BCUT2D eigenvalue weighted by atomic mass is 10.2. The number of hydrogen-bond donors (Lipinski definition) is 4. The molecule has 2 aromatic rings. The van der Waals surface area contributed by atoms with E-state index in [-0.39, 0.29) is 40.6 Å². The van der Waals surface area contributed by atoms with Gasteiger partial charge in [-0.25, -0.2) is 9.97 Å². The monoisotopic (exact) mass is 326 g/mol. The van der Waals surface area contributed by atoms with Crippen LogP contribution in [0.2, 0.25) is 0 Å². The van der Waals surface area contributed by atoms with Gasteiger partial charge in [0.05, 0.1) is 12.2 Å². The third kappa shape index (κ3) is 3.69. The number of fused-ring (bicyclic) bond motifs is 1. The van der Waals surface area contributed by atoms with Crippen LogP contribution in [0.5, 0.6) is 0 Å². The van der Waals surface area contributed by atoms with Gasteiger partial charge in [0, 0.05) is 6.42 Å². The van der Waals surface area contributed by atoms with E-state index in [1.165, 1.54) is 0 Å². The first-order valence-corrected chi connectivity index (χ1v) is 6.95. The number of hydrogen-bond acceptors (Lipinski definition) is 7. The summed E-state index contributed by atoms with van der Waals surface area (Å²) in [6, 6.07) is 0. The SMILES string of the molecule is O=C(O)CCc1nc2c(=O)[nH]c(SCC(=O)O)nc2[nH]c1=O. The van der Waals surface area contributed by atoms with E-state index in [0.717, 1.165) is 11.8 Å². The molecule has 0 aliphatic heterocycles. The Morgan fingerprint density at radius 3 is 2.41 bits per heavy atom. The topological polar surface area (TPSA) is 166 Å². The summed E-state index contributed by atoms with van der Waals surface area (Å²) in [5, 5.41) is 17.2. The van der Waals surface area contributed by atoms with Gasteiger partial charge in [-0.2, -0.15) is 0 Å². The Balaban J connectivity index is 2.42. The molecule has 0 saturated heterocycles. The number of aromatic nitrogens is 4. The molecule has 0 fully saturated rings. The molecule has 4 N–H and O–H groups in total. The number of carboxylic acids is 2. The van der Waals surface area contributed by atoms with E-state index < -0.39 is 23.1 Å². The van der Waals surface area contributed by atoms with Gasteiger partial charge in [-0.15, -0.1) is 0 Å². The predicted molar refractivity (Wildman–Crippen MR) is 75.1 cm³/mol. The normalized spacial score (nSPS) is 10.7. The second-order valence-electron chi connectivity index (χ2n) is 4.16. The zero-order valence-electron chi connectivity index (χ0n) is 11.0. The van der Waals surface area contributed by atoms with Crippen LogP contribution in [0.3, 0.4) is 0 Å². The smallest absolute Gasteiger partial charge is 0.313 e. The first-order valence-electron chi connectivity index (χ1n) is 5.96. The summed E-state index contributed by atoms with van der Waals surface area (Å²) in [7, 11) is 0. The second kappa shape index (κ2) is 6.39. The van der Waals surface area contributed by atoms with Crippen molar-refractivity contribution in [3.05, 3.63) is 26.4 Å². The molecule has 116 valence electrons. The number of H-pyrrole nitrogens is 2. The summed E-state index contributed by atoms with van der Waals surface area (Å²) in [4.78, 5) is 57.1. The van der Waals surface area contributed by atoms with Crippen LogP contribution in [0.15, 0.2) is 14.7 Å². The summed E-state index contributed by atoms with van der Waals surface area (Å²) in [5.74, 6) is -2.47. The number of aryl methyl sites for hydroxylation is 1. The Labute approximate surface area is 125 Å². The van der Waals surface area contributed by atoms with Gasteiger partial charge in [0.1, 0.15) is 5.69 Å². The number of nitrogens with one attached hydrogen (secondary N) is 2. The van der Waals surface area contributed by atoms with Crippen LogP contribution in [0, 0.1) is 0 Å². The Morgan fingerprint density at radius 1 is 1.05 bits per heavy atom. The quantitative estimate of drug-likeness (QED) is 0.392. The Bertz CT molecular complexity index is 858. The van der Waals surface area contributed by atoms with Crippen LogP contribution in [0.4, 0.5) is 0 Å². The highest BCUT2D eigenvalue weighted by Crippen LogP contribution is 2.12. The van der Waals surface area contributed by atoms with Crippen LogP contribution in [0.1, 0.15) is 12.1 Å². The maximum atomic E-state index is 11.9. The lowest BCUT2D eigenvalue weighted by Crippen LogP contribution is -2.21. The highest BCUT2D eigenvalue weighted by molar-refractivity contribution is 7.99. The molecule has 2 aromatic heterocycles. The summed E-state index contributed by atoms with van der Waals surface area (Å²) in [6.07, 6.45) is -0.408. The van der Waals surface area contributed by atoms with Crippen molar-refractivity contribution in [2.24, 2.45) is 0 Å². The molecule has 2 rings (SSSR count). The van der Waals surface area contributed by atoms with Crippen molar-refractivity contribution in [2.45, 2.75) is 18.0 Å². The van der Waals surface area contributed by atoms with Crippen LogP contribution < -0.4 is 11.1 Å². The number of nitrogens with zero attached hydrogens (tertiary/aromatic N) is 2. The predicted octanol–water partition coefficient (Wildman–Crippen LogP) is -0.800. The molecule has 10 nitrogen and oxygen atoms in total. The number of rotatable bonds is 6. The van der Waals surface area contributed by atoms with Gasteiger partial charge in [-0.1, -0.05) is 11.8 Å². The van der Waals surface area contributed by atoms with Gasteiger partial charge >= 0.3 is 11.9 Å². The number of carbonyl (C=O) groups is 2. The number of thioether (sulfide) groups is 1. The van der Waals surface area contributed by atoms with E-state index in [2.05, 4.69) is 19.9 Å². The Morgan fingerprint density at radius 2 is 1.77 bits per heavy atom. The summed E-state index contributed by atoms with van der Waals surface area (Å²) < 4.78 is 0. The molecule has 0 atom stereocenters. The van der Waals surface area contributed by atoms with Crippen molar-refractivity contribution in [1.29, 1.82) is 0 Å². The highest BCUT2D eigenvalue weighted by atomic mass is 32.2. The Hall–Kier alpha value is -2.69. The Kier molecular flexibility index (Phi) is 4.56. The molecule has 0 bridgehead atoms. The van der Waals surface area contributed by atoms with E-state index in [1.807, 2.05) is 0 Å². The zero-order valence-corrected chi connectivity index (χ0v) is 11.8. The lowest BCUT2D eigenvalue weighted by Gasteiger charge is -2.02. The van der Waals surface area contributed by atoms with Gasteiger partial charge in [0.15, 0.2) is 16.3 Å². The largest absolute Gasteiger partial charge is 0.481 e. The second-order valence-corrected chi connectivity index (χ2v) is 5.12. The molecule has 0 radical (unpaired) electrons. The van der Waals surface area contributed by atoms with Crippen molar-refractivity contribution in [1.82, 2.24) is 19.9 Å². The van der Waals surface area contributed by atoms with Gasteiger partial charge in [0.2, 0.25) is 0 Å². The molecular weight excluding hydrogens is 316 g/mol. The zero-order chi connectivity index (χ0) is 16.3. The van der Waals surface area contributed by atoms with Crippen molar-refractivity contribution < 1.29 is 19.8 Å². The molecule has 0 aromatic carbocycles. The fourth-order valence-corrected chi connectivity index (χ4v) is 2.18. The number of aliphatic carboxylic acids is 2. The molecular formula is C11H10N4O6S. The van der Waals surface area contributed by atoms with Gasteiger partial charge in [-0.3, -0.25) is 24.2 Å². The molecule has 0 amide bonds. The van der Waals surface area contributed by atoms with Crippen molar-refractivity contribution in [2.75, 3.05) is 5.75 Å². The summed E-state index contributed by atoms with van der Waals surface area (Å²) in [6.45, 7) is 0. The summed E-state index contributed by atoms with van der Waals surface area (Å²) in [5.41, 5.74) is -1.58. The fourth-order valence-electron chi connectivity index (χ4n) is 1.60. The molecule has 22 heavy (non-hydrogen) atoms. The number of aromatic amines is 2. The van der Waals surface area contributed by atoms with Crippen molar-refractivity contribution in [3.63, 3.8) is 0 Å². The van der Waals surface area contributed by atoms with Crippen LogP contribution >= 0.6 is 11.8 Å². The molecule has 0 aliphatic carbocycles. The first-order chi connectivity index (χ1) is 10.4. The average molecular weight is 326 g/mol. The third-order valence-electron chi connectivity index (χ3n) is 2.52. The standard InChI is InChI=1S/C11H10N4O6S/c16-5(17)2-1-4-9(20)13-8-7(12-4)10(21)15-11(14-8)22-3-6(18)19/h1-3H2,(H,16,17)(H,18,19)(H2,13,14,15,20,21). The van der Waals surface area contributed by atoms with E-state index in [4.69, 9.17) is 10.2 Å². The van der Waals surface area contributed by atoms with Crippen LogP contribution in [-0.4, -0.2) is 47.8 Å².